The molecule has 3 rings (SSSR count). The van der Waals surface area contributed by atoms with Crippen molar-refractivity contribution in [1.82, 2.24) is 9.62 Å². The van der Waals surface area contributed by atoms with Gasteiger partial charge in [-0.2, -0.15) is 0 Å². The van der Waals surface area contributed by atoms with E-state index in [2.05, 4.69) is 4.72 Å². The minimum Gasteiger partial charge on any atom is -0.492 e. The smallest absolute Gasteiger partial charge is 0.255 e. The third kappa shape index (κ3) is 5.81. The van der Waals surface area contributed by atoms with Crippen molar-refractivity contribution >= 4 is 27.7 Å². The molecule has 2 aromatic rings. The Hall–Kier alpha value is -2.03. The molecule has 0 saturated carbocycles. The largest absolute Gasteiger partial charge is 0.492 e. The van der Waals surface area contributed by atoms with E-state index in [4.69, 9.17) is 4.74 Å². The number of sulfonamides is 1. The summed E-state index contributed by atoms with van der Waals surface area (Å²) >= 11 is 1.45. The first-order chi connectivity index (χ1) is 14.8. The van der Waals surface area contributed by atoms with Crippen molar-refractivity contribution < 1.29 is 17.9 Å². The summed E-state index contributed by atoms with van der Waals surface area (Å²) in [5.74, 6) is 0.650. The van der Waals surface area contributed by atoms with Crippen LogP contribution in [-0.4, -0.2) is 51.7 Å². The molecule has 0 bridgehead atoms. The standard InChI is InChI=1S/C23H30N2O4S2/c1-17-8-7-9-21(18(17)2)29-15-12-24-31(27,28)19-10-11-22(30-3)20(16-19)23(26)25-13-5-4-6-14-25/h7-11,16,24H,4-6,12-15H2,1-3H3. The average molecular weight is 463 g/mol. The Bertz CT molecular complexity index is 1030. The lowest BCUT2D eigenvalue weighted by atomic mass is 10.1. The predicted octanol–water partition coefficient (Wildman–Crippen LogP) is 4.01. The Balaban J connectivity index is 1.68. The fraction of sp³-hybridized carbons (Fsp3) is 0.435. The fourth-order valence-electron chi connectivity index (χ4n) is 3.59. The normalized spacial score (nSPS) is 14.5. The second-order valence-corrected chi connectivity index (χ2v) is 10.3. The van der Waals surface area contributed by atoms with Gasteiger partial charge in [0.15, 0.2) is 0 Å². The molecule has 1 heterocycles. The van der Waals surface area contributed by atoms with Gasteiger partial charge < -0.3 is 9.64 Å². The van der Waals surface area contributed by atoms with Crippen molar-refractivity contribution in [3.63, 3.8) is 0 Å². The number of carbonyl (C=O) groups is 1. The van der Waals surface area contributed by atoms with Crippen LogP contribution in [0.1, 0.15) is 40.7 Å². The van der Waals surface area contributed by atoms with Crippen molar-refractivity contribution in [2.75, 3.05) is 32.5 Å². The Morgan fingerprint density at radius 1 is 1.13 bits per heavy atom. The summed E-state index contributed by atoms with van der Waals surface area (Å²) in [6.07, 6.45) is 4.99. The zero-order valence-corrected chi connectivity index (χ0v) is 19.9. The van der Waals surface area contributed by atoms with Crippen LogP contribution in [-0.2, 0) is 10.0 Å². The number of rotatable bonds is 8. The minimum absolute atomic E-state index is 0.0948. The third-order valence-corrected chi connectivity index (χ3v) is 7.82. The highest BCUT2D eigenvalue weighted by molar-refractivity contribution is 7.98. The Labute approximate surface area is 189 Å². The van der Waals surface area contributed by atoms with Crippen molar-refractivity contribution in [3.05, 3.63) is 53.1 Å². The molecule has 1 amide bonds. The van der Waals surface area contributed by atoms with E-state index in [-0.39, 0.29) is 24.0 Å². The lowest BCUT2D eigenvalue weighted by Gasteiger charge is -2.27. The molecule has 2 aromatic carbocycles. The van der Waals surface area contributed by atoms with Crippen LogP contribution < -0.4 is 9.46 Å². The number of thioether (sulfide) groups is 1. The maximum atomic E-state index is 13.0. The van der Waals surface area contributed by atoms with Gasteiger partial charge in [0, 0.05) is 24.5 Å². The average Bonchev–Trinajstić information content (AvgIpc) is 2.79. The van der Waals surface area contributed by atoms with E-state index >= 15 is 0 Å². The fourth-order valence-corrected chi connectivity index (χ4v) is 5.20. The van der Waals surface area contributed by atoms with Gasteiger partial charge in [0.25, 0.3) is 5.91 Å². The highest BCUT2D eigenvalue weighted by Crippen LogP contribution is 2.26. The quantitative estimate of drug-likeness (QED) is 0.474. The molecule has 0 aromatic heterocycles. The topological polar surface area (TPSA) is 75.7 Å². The number of benzene rings is 2. The zero-order valence-electron chi connectivity index (χ0n) is 18.3. The molecule has 0 spiro atoms. The van der Waals surface area contributed by atoms with E-state index < -0.39 is 10.0 Å². The number of aryl methyl sites for hydroxylation is 1. The first-order valence-corrected chi connectivity index (χ1v) is 13.2. The van der Waals surface area contributed by atoms with E-state index in [1.54, 1.807) is 12.1 Å². The number of amides is 1. The molecule has 1 aliphatic heterocycles. The number of hydrogen-bond donors (Lipinski definition) is 1. The first-order valence-electron chi connectivity index (χ1n) is 10.5. The number of ether oxygens (including phenoxy) is 1. The first kappa shape index (κ1) is 23.6. The number of likely N-dealkylation sites (tertiary alicyclic amines) is 1. The molecule has 6 nitrogen and oxygen atoms in total. The maximum Gasteiger partial charge on any atom is 0.255 e. The predicted molar refractivity (Wildman–Crippen MR) is 125 cm³/mol. The molecule has 168 valence electrons. The molecule has 0 atom stereocenters. The van der Waals surface area contributed by atoms with E-state index in [1.165, 1.54) is 17.8 Å². The van der Waals surface area contributed by atoms with Crippen LogP contribution in [0.3, 0.4) is 0 Å². The van der Waals surface area contributed by atoms with Crippen molar-refractivity contribution in [3.8, 4) is 5.75 Å². The Kier molecular flexibility index (Phi) is 8.02. The molecular formula is C23H30N2O4S2. The van der Waals surface area contributed by atoms with Crippen LogP contribution in [0, 0.1) is 13.8 Å². The lowest BCUT2D eigenvalue weighted by molar-refractivity contribution is 0.0720. The molecular weight excluding hydrogens is 432 g/mol. The van der Waals surface area contributed by atoms with E-state index in [0.29, 0.717) is 5.56 Å². The number of piperidine rings is 1. The number of carbonyl (C=O) groups excluding carboxylic acids is 1. The summed E-state index contributed by atoms with van der Waals surface area (Å²) in [4.78, 5) is 15.7. The van der Waals surface area contributed by atoms with Gasteiger partial charge in [0.05, 0.1) is 10.5 Å². The van der Waals surface area contributed by atoms with E-state index in [1.807, 2.05) is 43.2 Å². The van der Waals surface area contributed by atoms with Crippen LogP contribution in [0.4, 0.5) is 0 Å². The number of hydrogen-bond acceptors (Lipinski definition) is 5. The summed E-state index contributed by atoms with van der Waals surface area (Å²) in [7, 11) is -3.75. The number of nitrogens with one attached hydrogen (secondary N) is 1. The van der Waals surface area contributed by atoms with Crippen LogP contribution in [0.15, 0.2) is 46.2 Å². The van der Waals surface area contributed by atoms with Crippen molar-refractivity contribution in [2.45, 2.75) is 42.9 Å². The molecule has 8 heteroatoms. The summed E-state index contributed by atoms with van der Waals surface area (Å²) in [5, 5.41) is 0. The third-order valence-electron chi connectivity index (χ3n) is 5.56. The Morgan fingerprint density at radius 2 is 1.87 bits per heavy atom. The monoisotopic (exact) mass is 462 g/mol. The highest BCUT2D eigenvalue weighted by atomic mass is 32.2. The van der Waals surface area contributed by atoms with Gasteiger partial charge in [-0.15, -0.1) is 11.8 Å². The molecule has 1 aliphatic rings. The lowest BCUT2D eigenvalue weighted by Crippen LogP contribution is -2.36. The van der Waals surface area contributed by atoms with Gasteiger partial charge in [-0.05, 0) is 74.8 Å². The molecule has 1 fully saturated rings. The van der Waals surface area contributed by atoms with Gasteiger partial charge in [0.2, 0.25) is 10.0 Å². The van der Waals surface area contributed by atoms with E-state index in [9.17, 15) is 13.2 Å². The zero-order chi connectivity index (χ0) is 22.4. The number of nitrogens with zero attached hydrogens (tertiary/aromatic N) is 1. The van der Waals surface area contributed by atoms with Gasteiger partial charge in [-0.1, -0.05) is 12.1 Å². The maximum absolute atomic E-state index is 13.0. The van der Waals surface area contributed by atoms with Gasteiger partial charge in [-0.3, -0.25) is 4.79 Å². The van der Waals surface area contributed by atoms with Crippen molar-refractivity contribution in [1.29, 1.82) is 0 Å². The molecule has 1 saturated heterocycles. The van der Waals surface area contributed by atoms with Crippen LogP contribution in [0.5, 0.6) is 5.75 Å². The minimum atomic E-state index is -3.75. The van der Waals surface area contributed by atoms with Crippen LogP contribution in [0.2, 0.25) is 0 Å². The van der Waals surface area contributed by atoms with Crippen LogP contribution in [0.25, 0.3) is 0 Å². The van der Waals surface area contributed by atoms with Crippen LogP contribution >= 0.6 is 11.8 Å². The molecule has 1 N–H and O–H groups in total. The summed E-state index contributed by atoms with van der Waals surface area (Å²) in [6.45, 7) is 5.77. The molecule has 0 unspecified atom stereocenters. The molecule has 0 radical (unpaired) electrons. The summed E-state index contributed by atoms with van der Waals surface area (Å²) in [6, 6.07) is 10.5. The van der Waals surface area contributed by atoms with Crippen molar-refractivity contribution in [2.24, 2.45) is 0 Å². The van der Waals surface area contributed by atoms with Gasteiger partial charge >= 0.3 is 0 Å². The van der Waals surface area contributed by atoms with E-state index in [0.717, 1.165) is 54.1 Å². The Morgan fingerprint density at radius 3 is 2.58 bits per heavy atom. The second-order valence-electron chi connectivity index (χ2n) is 7.66. The molecule has 31 heavy (non-hydrogen) atoms. The van der Waals surface area contributed by atoms with Gasteiger partial charge in [-0.25, -0.2) is 13.1 Å². The highest BCUT2D eigenvalue weighted by Gasteiger charge is 2.23. The SMILES string of the molecule is CSc1ccc(S(=O)(=O)NCCOc2cccc(C)c2C)cc1C(=O)N1CCCCC1. The molecule has 0 aliphatic carbocycles. The van der Waals surface area contributed by atoms with Gasteiger partial charge in [0.1, 0.15) is 12.4 Å². The second kappa shape index (κ2) is 10.5. The summed E-state index contributed by atoms with van der Waals surface area (Å²) in [5.41, 5.74) is 2.61. The summed E-state index contributed by atoms with van der Waals surface area (Å²) < 4.78 is 33.9.